The Hall–Kier alpha value is -3.07. The Bertz CT molecular complexity index is 1260. The molecule has 22 heteroatoms. The molecule has 1 N–H and O–H groups in total. The second kappa shape index (κ2) is 11.3. The van der Waals surface area contributed by atoms with Gasteiger partial charge in [0.05, 0.1) is 11.1 Å². The molecule has 0 aromatic heterocycles. The van der Waals surface area contributed by atoms with Crippen molar-refractivity contribution >= 4 is 0 Å². The quantitative estimate of drug-likeness (QED) is 0.151. The van der Waals surface area contributed by atoms with Gasteiger partial charge in [0.2, 0.25) is 5.82 Å². The normalized spacial score (nSPS) is 13.3. The SMILES string of the molecule is CCNC(F)(F)C(F)(F)F.Fc1c(F)c(F)c(-c2c(C(F)(F)F)c(F)c(F)c(F)c2C(F)(F)C(F)(F)F)c(F)c1F. The first-order valence-electron chi connectivity index (χ1n) is 9.53. The molecule has 0 spiro atoms. The minimum atomic E-state index is -7.10. The number of benzene rings is 2. The lowest BCUT2D eigenvalue weighted by Gasteiger charge is -2.26. The van der Waals surface area contributed by atoms with E-state index in [4.69, 9.17) is 0 Å². The Morgan fingerprint density at radius 1 is 0.439 bits per heavy atom. The van der Waals surface area contributed by atoms with Crippen LogP contribution in [0.1, 0.15) is 18.1 Å². The van der Waals surface area contributed by atoms with Crippen LogP contribution in [0, 0.1) is 46.5 Å². The van der Waals surface area contributed by atoms with Gasteiger partial charge in [-0.25, -0.2) is 35.1 Å². The van der Waals surface area contributed by atoms with Crippen molar-refractivity contribution < 1.29 is 92.2 Å². The highest BCUT2D eigenvalue weighted by Gasteiger charge is 2.63. The van der Waals surface area contributed by atoms with E-state index >= 15 is 0 Å². The third-order valence-corrected chi connectivity index (χ3v) is 4.49. The van der Waals surface area contributed by atoms with Crippen LogP contribution in [0.15, 0.2) is 0 Å². The Kier molecular flexibility index (Phi) is 9.92. The molecule has 0 fully saturated rings. The van der Waals surface area contributed by atoms with Gasteiger partial charge in [0, 0.05) is 5.56 Å². The van der Waals surface area contributed by atoms with E-state index in [1.54, 1.807) is 0 Å². The van der Waals surface area contributed by atoms with Crippen molar-refractivity contribution in [2.45, 2.75) is 37.4 Å². The highest BCUT2D eigenvalue weighted by atomic mass is 19.4. The van der Waals surface area contributed by atoms with Crippen LogP contribution in [0.25, 0.3) is 11.1 Å². The molecule has 2 rings (SSSR count). The smallest absolute Gasteiger partial charge is 0.250 e. The molecular formula is C19H6F21N. The van der Waals surface area contributed by atoms with E-state index in [0.717, 1.165) is 5.32 Å². The largest absolute Gasteiger partial charge is 0.469 e. The predicted molar refractivity (Wildman–Crippen MR) is 91.2 cm³/mol. The van der Waals surface area contributed by atoms with Gasteiger partial charge in [0.15, 0.2) is 40.7 Å². The zero-order valence-electron chi connectivity index (χ0n) is 18.6. The summed E-state index contributed by atoms with van der Waals surface area (Å²) < 4.78 is 271. The van der Waals surface area contributed by atoms with Gasteiger partial charge in [0.25, 0.3) is 0 Å². The van der Waals surface area contributed by atoms with Gasteiger partial charge >= 0.3 is 30.5 Å². The molecule has 0 atom stereocenters. The topological polar surface area (TPSA) is 12.0 Å². The zero-order valence-corrected chi connectivity index (χ0v) is 18.6. The summed E-state index contributed by atoms with van der Waals surface area (Å²) in [5.41, 5.74) is -14.2. The van der Waals surface area contributed by atoms with E-state index in [0.29, 0.717) is 0 Å². The fraction of sp³-hybridized carbons (Fsp3) is 0.368. The zero-order chi connectivity index (χ0) is 32.8. The van der Waals surface area contributed by atoms with Crippen LogP contribution >= 0.6 is 0 Å². The van der Waals surface area contributed by atoms with Crippen molar-refractivity contribution in [1.82, 2.24) is 5.32 Å². The molecule has 1 nitrogen and oxygen atoms in total. The molecule has 0 saturated heterocycles. The molecule has 2 aromatic carbocycles. The summed E-state index contributed by atoms with van der Waals surface area (Å²) in [6.07, 6.45) is -19.2. The fourth-order valence-electron chi connectivity index (χ4n) is 2.76. The summed E-state index contributed by atoms with van der Waals surface area (Å²) in [4.78, 5) is 0. The number of hydrogen-bond donors (Lipinski definition) is 1. The maximum absolute atomic E-state index is 13.9. The summed E-state index contributed by atoms with van der Waals surface area (Å²) in [5.74, 6) is -34.1. The second-order valence-corrected chi connectivity index (χ2v) is 7.18. The number of nitrogens with one attached hydrogen (secondary N) is 1. The Labute approximate surface area is 211 Å². The van der Waals surface area contributed by atoms with Crippen molar-refractivity contribution in [3.8, 4) is 11.1 Å². The van der Waals surface area contributed by atoms with Crippen molar-refractivity contribution in [2.24, 2.45) is 0 Å². The van der Waals surface area contributed by atoms with Gasteiger partial charge in [-0.1, -0.05) is 6.92 Å². The second-order valence-electron chi connectivity index (χ2n) is 7.18. The van der Waals surface area contributed by atoms with Gasteiger partial charge in [-0.3, -0.25) is 5.32 Å². The third kappa shape index (κ3) is 6.55. The first-order valence-corrected chi connectivity index (χ1v) is 9.53. The molecule has 0 aliphatic rings. The van der Waals surface area contributed by atoms with Gasteiger partial charge in [-0.15, -0.1) is 0 Å². The van der Waals surface area contributed by atoms with Crippen LogP contribution in [-0.2, 0) is 12.1 Å². The van der Waals surface area contributed by atoms with Crippen LogP contribution in [0.3, 0.4) is 0 Å². The van der Waals surface area contributed by atoms with Crippen LogP contribution in [0.5, 0.6) is 0 Å². The fourth-order valence-corrected chi connectivity index (χ4v) is 2.76. The summed E-state index contributed by atoms with van der Waals surface area (Å²) in [5, 5.41) is 1.00. The Morgan fingerprint density at radius 3 is 1.07 bits per heavy atom. The minimum absolute atomic E-state index is 0.424. The van der Waals surface area contributed by atoms with E-state index in [9.17, 15) is 92.2 Å². The van der Waals surface area contributed by atoms with Gasteiger partial charge < -0.3 is 0 Å². The van der Waals surface area contributed by atoms with E-state index < -0.39 is 106 Å². The molecule has 0 radical (unpaired) electrons. The molecule has 234 valence electrons. The molecule has 0 saturated carbocycles. The van der Waals surface area contributed by atoms with E-state index in [1.807, 2.05) is 0 Å². The lowest BCUT2D eigenvalue weighted by Crippen LogP contribution is -2.49. The highest BCUT2D eigenvalue weighted by molar-refractivity contribution is 5.75. The van der Waals surface area contributed by atoms with Crippen LogP contribution in [0.4, 0.5) is 92.2 Å². The van der Waals surface area contributed by atoms with Gasteiger partial charge in [-0.2, -0.15) is 57.1 Å². The van der Waals surface area contributed by atoms with Gasteiger partial charge in [0.1, 0.15) is 5.56 Å². The van der Waals surface area contributed by atoms with E-state index in [2.05, 4.69) is 0 Å². The summed E-state index contributed by atoms with van der Waals surface area (Å²) in [6.45, 7) is 0.742. The summed E-state index contributed by atoms with van der Waals surface area (Å²) in [7, 11) is 0. The Balaban J connectivity index is 0.000000716. The van der Waals surface area contributed by atoms with Crippen molar-refractivity contribution in [1.29, 1.82) is 0 Å². The molecule has 0 bridgehead atoms. The maximum atomic E-state index is 13.9. The van der Waals surface area contributed by atoms with Crippen molar-refractivity contribution in [3.63, 3.8) is 0 Å². The van der Waals surface area contributed by atoms with E-state index in [1.165, 1.54) is 6.92 Å². The third-order valence-electron chi connectivity index (χ3n) is 4.49. The van der Waals surface area contributed by atoms with Crippen molar-refractivity contribution in [3.05, 3.63) is 57.7 Å². The number of alkyl halides is 13. The lowest BCUT2D eigenvalue weighted by molar-refractivity contribution is -0.294. The molecular weight excluding hydrogens is 641 g/mol. The molecule has 0 amide bonds. The molecule has 0 aliphatic heterocycles. The first kappa shape index (κ1) is 36.0. The molecule has 41 heavy (non-hydrogen) atoms. The standard InChI is InChI=1S/C15F16.C4H6F5N/c16-5-2(6(17)10(21)12(23)9(5)20)1-3(13(24,25)15(29,30)31)7(18)11(22)8(19)4(1)14(26,27)28;1-2-10-4(8,9)3(5,6)7/h;10H,2H2,1H3. The minimum Gasteiger partial charge on any atom is -0.250 e. The monoisotopic (exact) mass is 647 g/mol. The van der Waals surface area contributed by atoms with Crippen LogP contribution in [-0.4, -0.2) is 24.9 Å². The van der Waals surface area contributed by atoms with Crippen LogP contribution in [0.2, 0.25) is 0 Å². The number of halogens is 21. The number of hydrogen-bond acceptors (Lipinski definition) is 1. The summed E-state index contributed by atoms with van der Waals surface area (Å²) in [6, 6.07) is -4.76. The first-order chi connectivity index (χ1) is 18.1. The molecule has 2 aromatic rings. The van der Waals surface area contributed by atoms with Crippen LogP contribution < -0.4 is 5.32 Å². The van der Waals surface area contributed by atoms with E-state index in [-0.39, 0.29) is 0 Å². The molecule has 0 heterocycles. The molecule has 0 aliphatic carbocycles. The average molecular weight is 647 g/mol. The highest BCUT2D eigenvalue weighted by Crippen LogP contribution is 2.53. The van der Waals surface area contributed by atoms with Gasteiger partial charge in [-0.05, 0) is 6.54 Å². The predicted octanol–water partition coefficient (Wildman–Crippen LogP) is 8.89. The average Bonchev–Trinajstić information content (AvgIpc) is 2.78. The lowest BCUT2D eigenvalue weighted by atomic mass is 9.88. The summed E-state index contributed by atoms with van der Waals surface area (Å²) >= 11 is 0. The number of rotatable bonds is 4. The Morgan fingerprint density at radius 2 is 0.780 bits per heavy atom. The van der Waals surface area contributed by atoms with Crippen molar-refractivity contribution in [2.75, 3.05) is 6.54 Å². The molecule has 0 unspecified atom stereocenters. The maximum Gasteiger partial charge on any atom is 0.469 e.